The molecule has 2 rings (SSSR count). The molecule has 0 spiro atoms. The second kappa shape index (κ2) is 11.9. The van der Waals surface area contributed by atoms with Crippen LogP contribution in [-0.4, -0.2) is 55.2 Å². The number of aliphatic imine (C=N–C) groups is 1. The van der Waals surface area contributed by atoms with Crippen molar-refractivity contribution in [3.05, 3.63) is 35.6 Å². The number of likely N-dealkylation sites (tertiary alicyclic amines) is 1. The Morgan fingerprint density at radius 3 is 2.62 bits per heavy atom. The lowest BCUT2D eigenvalue weighted by Crippen LogP contribution is -2.39. The first-order valence-corrected chi connectivity index (χ1v) is 9.87. The quantitative estimate of drug-likeness (QED) is 0.377. The van der Waals surface area contributed by atoms with Gasteiger partial charge in [-0.2, -0.15) is 0 Å². The van der Waals surface area contributed by atoms with Crippen LogP contribution in [0, 0.1) is 5.82 Å². The number of guanidine groups is 1. The van der Waals surface area contributed by atoms with Crippen molar-refractivity contribution in [2.75, 3.05) is 39.3 Å². The van der Waals surface area contributed by atoms with Crippen molar-refractivity contribution in [2.24, 2.45) is 4.99 Å². The molecule has 1 aromatic rings. The Balaban J connectivity index is 1.76. The van der Waals surface area contributed by atoms with Gasteiger partial charge in [-0.15, -0.1) is 0 Å². The predicted molar refractivity (Wildman–Crippen MR) is 105 cm³/mol. The van der Waals surface area contributed by atoms with Gasteiger partial charge in [0.05, 0.1) is 6.54 Å². The first-order chi connectivity index (χ1) is 12.7. The molecule has 0 amide bonds. The molecule has 6 heteroatoms. The van der Waals surface area contributed by atoms with E-state index in [9.17, 15) is 9.50 Å². The van der Waals surface area contributed by atoms with Gasteiger partial charge in [-0.25, -0.2) is 4.39 Å². The van der Waals surface area contributed by atoms with Gasteiger partial charge in [-0.3, -0.25) is 4.99 Å². The molecule has 3 N–H and O–H groups in total. The first-order valence-electron chi connectivity index (χ1n) is 9.87. The highest BCUT2D eigenvalue weighted by atomic mass is 19.1. The molecule has 0 aromatic heterocycles. The van der Waals surface area contributed by atoms with Crippen molar-refractivity contribution in [1.82, 2.24) is 15.5 Å². The monoisotopic (exact) mass is 364 g/mol. The van der Waals surface area contributed by atoms with E-state index in [0.29, 0.717) is 5.96 Å². The van der Waals surface area contributed by atoms with E-state index in [-0.39, 0.29) is 12.1 Å². The Bertz CT molecular complexity index is 544. The van der Waals surface area contributed by atoms with E-state index in [1.165, 1.54) is 44.8 Å². The molecule has 1 heterocycles. The molecule has 1 aromatic carbocycles. The molecule has 0 radical (unpaired) electrons. The number of halogens is 1. The molecule has 1 aliphatic rings. The van der Waals surface area contributed by atoms with Gasteiger partial charge in [-0.05, 0) is 51.9 Å². The Morgan fingerprint density at radius 1 is 1.19 bits per heavy atom. The summed E-state index contributed by atoms with van der Waals surface area (Å²) in [6, 6.07) is 6.29. The fraction of sp³-hybridized carbons (Fsp3) is 0.650. The number of nitrogens with one attached hydrogen (secondary N) is 2. The largest absolute Gasteiger partial charge is 0.386 e. The Kier molecular flexibility index (Phi) is 9.42. The summed E-state index contributed by atoms with van der Waals surface area (Å²) in [5.74, 6) is 0.268. The number of aliphatic hydroxyl groups is 1. The summed E-state index contributed by atoms with van der Waals surface area (Å²) in [4.78, 5) is 6.94. The lowest BCUT2D eigenvalue weighted by molar-refractivity contribution is 0.182. The lowest BCUT2D eigenvalue weighted by Gasteiger charge is -2.20. The summed E-state index contributed by atoms with van der Waals surface area (Å²) in [6.45, 7) is 7.23. The molecular weight excluding hydrogens is 331 g/mol. The van der Waals surface area contributed by atoms with Crippen molar-refractivity contribution >= 4 is 5.96 Å². The van der Waals surface area contributed by atoms with Crippen LogP contribution >= 0.6 is 0 Å². The summed E-state index contributed by atoms with van der Waals surface area (Å²) in [7, 11) is 0. The van der Waals surface area contributed by atoms with Gasteiger partial charge >= 0.3 is 0 Å². The zero-order valence-electron chi connectivity index (χ0n) is 15.9. The zero-order chi connectivity index (χ0) is 18.6. The van der Waals surface area contributed by atoms with E-state index >= 15 is 0 Å². The van der Waals surface area contributed by atoms with Crippen LogP contribution in [0.3, 0.4) is 0 Å². The molecule has 1 unspecified atom stereocenters. The minimum absolute atomic E-state index is 0.127. The third-order valence-corrected chi connectivity index (χ3v) is 4.67. The van der Waals surface area contributed by atoms with E-state index in [2.05, 4.69) is 20.5 Å². The van der Waals surface area contributed by atoms with E-state index in [0.717, 1.165) is 26.1 Å². The third kappa shape index (κ3) is 7.30. The smallest absolute Gasteiger partial charge is 0.191 e. The number of benzene rings is 1. The van der Waals surface area contributed by atoms with Gasteiger partial charge in [0.2, 0.25) is 0 Å². The maximum atomic E-state index is 13.7. The fourth-order valence-corrected chi connectivity index (χ4v) is 3.23. The van der Waals surface area contributed by atoms with Gasteiger partial charge in [0.15, 0.2) is 5.96 Å². The Labute approximate surface area is 156 Å². The van der Waals surface area contributed by atoms with E-state index in [1.54, 1.807) is 18.2 Å². The van der Waals surface area contributed by atoms with Crippen molar-refractivity contribution in [3.63, 3.8) is 0 Å². The zero-order valence-corrected chi connectivity index (χ0v) is 15.9. The second-order valence-corrected chi connectivity index (χ2v) is 6.79. The second-order valence-electron chi connectivity index (χ2n) is 6.79. The molecule has 1 aliphatic heterocycles. The van der Waals surface area contributed by atoms with Crippen LogP contribution in [0.25, 0.3) is 0 Å². The van der Waals surface area contributed by atoms with Gasteiger partial charge < -0.3 is 20.6 Å². The minimum atomic E-state index is -0.941. The van der Waals surface area contributed by atoms with Gasteiger partial charge in [0.1, 0.15) is 11.9 Å². The standard InChI is InChI=1S/C20H33FN4O/c1-2-22-20(23-12-9-15-25-13-7-3-4-8-14-25)24-16-19(26)17-10-5-6-11-18(17)21/h5-6,10-11,19,26H,2-4,7-9,12-16H2,1H3,(H2,22,23,24). The van der Waals surface area contributed by atoms with Crippen molar-refractivity contribution in [2.45, 2.75) is 45.1 Å². The number of hydrogen-bond donors (Lipinski definition) is 3. The summed E-state index contributed by atoms with van der Waals surface area (Å²) >= 11 is 0. The van der Waals surface area contributed by atoms with Crippen molar-refractivity contribution < 1.29 is 9.50 Å². The van der Waals surface area contributed by atoms with Crippen LogP contribution in [0.5, 0.6) is 0 Å². The molecule has 146 valence electrons. The maximum Gasteiger partial charge on any atom is 0.191 e. The van der Waals surface area contributed by atoms with Crippen LogP contribution in [-0.2, 0) is 0 Å². The molecular formula is C20H33FN4O. The lowest BCUT2D eigenvalue weighted by atomic mass is 10.1. The maximum absolute atomic E-state index is 13.7. The van der Waals surface area contributed by atoms with Gasteiger partial charge in [0, 0.05) is 18.7 Å². The SMILES string of the molecule is CCNC(=NCC(O)c1ccccc1F)NCCCN1CCCCCC1. The number of hydrogen-bond acceptors (Lipinski definition) is 3. The summed E-state index contributed by atoms with van der Waals surface area (Å²) in [6.07, 6.45) is 5.45. The number of rotatable bonds is 8. The Hall–Kier alpha value is -1.66. The molecule has 1 atom stereocenters. The Morgan fingerprint density at radius 2 is 1.92 bits per heavy atom. The average Bonchev–Trinajstić information content (AvgIpc) is 2.92. The third-order valence-electron chi connectivity index (χ3n) is 4.67. The highest BCUT2D eigenvalue weighted by Gasteiger charge is 2.12. The van der Waals surface area contributed by atoms with Crippen molar-refractivity contribution in [1.29, 1.82) is 0 Å². The molecule has 0 aliphatic carbocycles. The molecule has 26 heavy (non-hydrogen) atoms. The summed E-state index contributed by atoms with van der Waals surface area (Å²) < 4.78 is 13.7. The summed E-state index contributed by atoms with van der Waals surface area (Å²) in [5, 5.41) is 16.7. The van der Waals surface area contributed by atoms with E-state index in [1.807, 2.05) is 6.92 Å². The van der Waals surface area contributed by atoms with E-state index < -0.39 is 11.9 Å². The number of nitrogens with zero attached hydrogens (tertiary/aromatic N) is 2. The highest BCUT2D eigenvalue weighted by Crippen LogP contribution is 2.16. The van der Waals surface area contributed by atoms with Crippen LogP contribution in [0.1, 0.15) is 50.7 Å². The van der Waals surface area contributed by atoms with Gasteiger partial charge in [-0.1, -0.05) is 31.0 Å². The topological polar surface area (TPSA) is 59.9 Å². The van der Waals surface area contributed by atoms with Crippen LogP contribution in [0.4, 0.5) is 4.39 Å². The molecule has 0 bridgehead atoms. The first kappa shape index (κ1) is 20.6. The van der Waals surface area contributed by atoms with Crippen LogP contribution in [0.15, 0.2) is 29.3 Å². The minimum Gasteiger partial charge on any atom is -0.386 e. The van der Waals surface area contributed by atoms with Crippen molar-refractivity contribution in [3.8, 4) is 0 Å². The van der Waals surface area contributed by atoms with Gasteiger partial charge in [0.25, 0.3) is 0 Å². The summed E-state index contributed by atoms with van der Waals surface area (Å²) in [5.41, 5.74) is 0.285. The normalized spacial score (nSPS) is 17.6. The highest BCUT2D eigenvalue weighted by molar-refractivity contribution is 5.79. The fourth-order valence-electron chi connectivity index (χ4n) is 3.23. The molecule has 1 saturated heterocycles. The van der Waals surface area contributed by atoms with Crippen LogP contribution < -0.4 is 10.6 Å². The van der Waals surface area contributed by atoms with Crippen LogP contribution in [0.2, 0.25) is 0 Å². The molecule has 1 fully saturated rings. The predicted octanol–water partition coefficient (Wildman–Crippen LogP) is 2.68. The average molecular weight is 365 g/mol. The number of aliphatic hydroxyl groups excluding tert-OH is 1. The van der Waals surface area contributed by atoms with E-state index in [4.69, 9.17) is 0 Å². The molecule has 5 nitrogen and oxygen atoms in total. The molecule has 0 saturated carbocycles.